The highest BCUT2D eigenvalue weighted by Crippen LogP contribution is 2.32. The van der Waals surface area contributed by atoms with Crippen molar-refractivity contribution in [2.45, 2.75) is 20.0 Å². The van der Waals surface area contributed by atoms with Gasteiger partial charge in [0.15, 0.2) is 0 Å². The van der Waals surface area contributed by atoms with Crippen LogP contribution in [-0.2, 0) is 0 Å². The van der Waals surface area contributed by atoms with Gasteiger partial charge in [0, 0.05) is 60.8 Å². The van der Waals surface area contributed by atoms with Gasteiger partial charge in [-0.05, 0) is 62.4 Å². The van der Waals surface area contributed by atoms with Crippen molar-refractivity contribution in [1.82, 2.24) is 14.9 Å². The molecule has 1 aliphatic rings. The molecule has 1 fully saturated rings. The number of pyridine rings is 1. The predicted octanol–water partition coefficient (Wildman–Crippen LogP) is 5.44. The number of piperazine rings is 1. The average molecular weight is 427 g/mol. The number of anilines is 1. The lowest BCUT2D eigenvalue weighted by Crippen LogP contribution is -2.44. The quantitative estimate of drug-likeness (QED) is 0.462. The number of nitrogens with one attached hydrogen (secondary N) is 1. The summed E-state index contributed by atoms with van der Waals surface area (Å²) in [6, 6.07) is 19.4. The predicted molar refractivity (Wildman–Crippen MR) is 132 cm³/mol. The summed E-state index contributed by atoms with van der Waals surface area (Å²) in [5.74, 6) is 0.892. The van der Waals surface area contributed by atoms with E-state index in [-0.39, 0.29) is 6.10 Å². The first-order chi connectivity index (χ1) is 15.6. The molecule has 1 N–H and O–H groups in total. The van der Waals surface area contributed by atoms with Crippen LogP contribution in [0.4, 0.5) is 5.69 Å². The van der Waals surface area contributed by atoms with Gasteiger partial charge in [0.1, 0.15) is 11.4 Å². The molecule has 2 aromatic carbocycles. The van der Waals surface area contributed by atoms with E-state index in [1.54, 1.807) is 0 Å². The van der Waals surface area contributed by atoms with Crippen molar-refractivity contribution < 1.29 is 4.74 Å². The Morgan fingerprint density at radius 1 is 0.875 bits per heavy atom. The smallest absolute Gasteiger partial charge is 0.137 e. The summed E-state index contributed by atoms with van der Waals surface area (Å²) in [4.78, 5) is 12.8. The van der Waals surface area contributed by atoms with Gasteiger partial charge >= 0.3 is 0 Å². The summed E-state index contributed by atoms with van der Waals surface area (Å²) in [6.07, 6.45) is 4.16. The van der Waals surface area contributed by atoms with Gasteiger partial charge in [-0.3, -0.25) is 0 Å². The molecule has 0 radical (unpaired) electrons. The normalized spacial score (nSPS) is 14.9. The number of likely N-dealkylation sites (N-methyl/N-ethyl adjacent to an activating group) is 1. The first-order valence-corrected chi connectivity index (χ1v) is 11.3. The van der Waals surface area contributed by atoms with Crippen molar-refractivity contribution in [3.05, 3.63) is 67.0 Å². The first kappa shape index (κ1) is 20.6. The molecule has 0 amide bonds. The third kappa shape index (κ3) is 4.21. The SMILES string of the molecule is CC(C)Oc1ccc(-c2c[nH]c3ncc(-c4ccc(N5CCN(C)CC5)cc4)cc23)cc1. The molecule has 1 saturated heterocycles. The molecule has 0 bridgehead atoms. The summed E-state index contributed by atoms with van der Waals surface area (Å²) in [7, 11) is 2.19. The highest BCUT2D eigenvalue weighted by molar-refractivity contribution is 5.95. The maximum atomic E-state index is 5.78. The zero-order chi connectivity index (χ0) is 22.1. The Bertz CT molecular complexity index is 1190. The van der Waals surface area contributed by atoms with Crippen molar-refractivity contribution >= 4 is 16.7 Å². The Balaban J connectivity index is 1.41. The number of aromatic amines is 1. The summed E-state index contributed by atoms with van der Waals surface area (Å²) >= 11 is 0. The van der Waals surface area contributed by atoms with E-state index < -0.39 is 0 Å². The number of aromatic nitrogens is 2. The molecular formula is C27H30N4O. The lowest BCUT2D eigenvalue weighted by molar-refractivity contribution is 0.242. The minimum atomic E-state index is 0.170. The molecule has 0 spiro atoms. The number of nitrogens with zero attached hydrogens (tertiary/aromatic N) is 3. The van der Waals surface area contributed by atoms with Crippen LogP contribution >= 0.6 is 0 Å². The monoisotopic (exact) mass is 426 g/mol. The van der Waals surface area contributed by atoms with Gasteiger partial charge in [0.25, 0.3) is 0 Å². The number of H-pyrrole nitrogens is 1. The van der Waals surface area contributed by atoms with Crippen LogP contribution in [0.2, 0.25) is 0 Å². The number of ether oxygens (including phenoxy) is 1. The van der Waals surface area contributed by atoms with E-state index in [4.69, 9.17) is 4.74 Å². The van der Waals surface area contributed by atoms with E-state index in [9.17, 15) is 0 Å². The highest BCUT2D eigenvalue weighted by atomic mass is 16.5. The molecule has 0 aliphatic carbocycles. The van der Waals surface area contributed by atoms with Crippen LogP contribution < -0.4 is 9.64 Å². The van der Waals surface area contributed by atoms with Crippen molar-refractivity contribution in [3.8, 4) is 28.0 Å². The Morgan fingerprint density at radius 2 is 1.56 bits per heavy atom. The average Bonchev–Trinajstić information content (AvgIpc) is 3.23. The zero-order valence-corrected chi connectivity index (χ0v) is 19.0. The zero-order valence-electron chi connectivity index (χ0n) is 19.0. The third-order valence-electron chi connectivity index (χ3n) is 6.14. The van der Waals surface area contributed by atoms with Crippen LogP contribution in [0.15, 0.2) is 67.0 Å². The van der Waals surface area contributed by atoms with E-state index in [1.807, 2.05) is 38.4 Å². The molecule has 4 aromatic rings. The molecule has 32 heavy (non-hydrogen) atoms. The molecule has 3 heterocycles. The van der Waals surface area contributed by atoms with Crippen LogP contribution in [0.5, 0.6) is 5.75 Å². The maximum absolute atomic E-state index is 5.78. The highest BCUT2D eigenvalue weighted by Gasteiger charge is 2.14. The molecule has 0 saturated carbocycles. The second-order valence-corrected chi connectivity index (χ2v) is 8.85. The molecule has 5 rings (SSSR count). The van der Waals surface area contributed by atoms with Gasteiger partial charge < -0.3 is 19.5 Å². The molecular weight excluding hydrogens is 396 g/mol. The molecule has 5 nitrogen and oxygen atoms in total. The topological polar surface area (TPSA) is 44.4 Å². The Kier molecular flexibility index (Phi) is 5.58. The first-order valence-electron chi connectivity index (χ1n) is 11.3. The second kappa shape index (κ2) is 8.67. The van der Waals surface area contributed by atoms with Crippen LogP contribution in [0.3, 0.4) is 0 Å². The fourth-order valence-corrected chi connectivity index (χ4v) is 4.31. The van der Waals surface area contributed by atoms with Crippen LogP contribution in [0.25, 0.3) is 33.3 Å². The molecule has 0 unspecified atom stereocenters. The fraction of sp³-hybridized carbons (Fsp3) is 0.296. The van der Waals surface area contributed by atoms with E-state index in [1.165, 1.54) is 11.3 Å². The van der Waals surface area contributed by atoms with Gasteiger partial charge in [-0.2, -0.15) is 0 Å². The summed E-state index contributed by atoms with van der Waals surface area (Å²) in [5, 5.41) is 1.13. The number of rotatable bonds is 5. The standard InChI is InChI=1S/C27H30N4O/c1-19(2)32-24-10-6-21(7-11-24)26-18-29-27-25(26)16-22(17-28-27)20-4-8-23(9-5-20)31-14-12-30(3)13-15-31/h4-11,16-19H,12-15H2,1-3H3,(H,28,29). The Labute approximate surface area is 189 Å². The Morgan fingerprint density at radius 3 is 2.25 bits per heavy atom. The second-order valence-electron chi connectivity index (χ2n) is 8.85. The van der Waals surface area contributed by atoms with Crippen LogP contribution in [-0.4, -0.2) is 54.2 Å². The number of benzene rings is 2. The van der Waals surface area contributed by atoms with Gasteiger partial charge in [0.2, 0.25) is 0 Å². The third-order valence-corrected chi connectivity index (χ3v) is 6.14. The van der Waals surface area contributed by atoms with Crippen molar-refractivity contribution in [1.29, 1.82) is 0 Å². The van der Waals surface area contributed by atoms with Crippen molar-refractivity contribution in [2.75, 3.05) is 38.1 Å². The largest absolute Gasteiger partial charge is 0.491 e. The van der Waals surface area contributed by atoms with Gasteiger partial charge in [0.05, 0.1) is 6.10 Å². The van der Waals surface area contributed by atoms with Gasteiger partial charge in [-0.25, -0.2) is 4.98 Å². The number of hydrogen-bond acceptors (Lipinski definition) is 4. The summed E-state index contributed by atoms with van der Waals surface area (Å²) < 4.78 is 5.78. The van der Waals surface area contributed by atoms with Crippen molar-refractivity contribution in [3.63, 3.8) is 0 Å². The lowest BCUT2D eigenvalue weighted by Gasteiger charge is -2.34. The van der Waals surface area contributed by atoms with Gasteiger partial charge in [-0.15, -0.1) is 0 Å². The summed E-state index contributed by atoms with van der Waals surface area (Å²) in [5.41, 5.74) is 6.81. The summed E-state index contributed by atoms with van der Waals surface area (Å²) in [6.45, 7) is 8.47. The molecule has 0 atom stereocenters. The fourth-order valence-electron chi connectivity index (χ4n) is 4.31. The minimum Gasteiger partial charge on any atom is -0.491 e. The molecule has 1 aliphatic heterocycles. The van der Waals surface area contributed by atoms with Crippen LogP contribution in [0, 0.1) is 0 Å². The van der Waals surface area contributed by atoms with Crippen molar-refractivity contribution in [2.24, 2.45) is 0 Å². The van der Waals surface area contributed by atoms with Crippen LogP contribution in [0.1, 0.15) is 13.8 Å². The molecule has 164 valence electrons. The van der Waals surface area contributed by atoms with E-state index in [0.717, 1.165) is 59.7 Å². The lowest BCUT2D eigenvalue weighted by atomic mass is 10.0. The molecule has 5 heteroatoms. The number of hydrogen-bond donors (Lipinski definition) is 1. The van der Waals surface area contributed by atoms with E-state index in [0.29, 0.717) is 0 Å². The number of fused-ring (bicyclic) bond motifs is 1. The maximum Gasteiger partial charge on any atom is 0.137 e. The van der Waals surface area contributed by atoms with Gasteiger partial charge in [-0.1, -0.05) is 24.3 Å². The molecule has 2 aromatic heterocycles. The van der Waals surface area contributed by atoms with E-state index in [2.05, 4.69) is 69.3 Å². The minimum absolute atomic E-state index is 0.170. The Hall–Kier alpha value is -3.31. The van der Waals surface area contributed by atoms with E-state index >= 15 is 0 Å².